The molecular formula is C27H32Cl2N2O3. The van der Waals surface area contributed by atoms with Gasteiger partial charge in [0.1, 0.15) is 0 Å². The van der Waals surface area contributed by atoms with Gasteiger partial charge < -0.3 is 4.57 Å². The van der Waals surface area contributed by atoms with Gasteiger partial charge in [0.25, 0.3) is 0 Å². The average Bonchev–Trinajstić information content (AvgIpc) is 3.06. The Morgan fingerprint density at radius 1 is 0.971 bits per heavy atom. The van der Waals surface area contributed by atoms with Crippen LogP contribution in [0.4, 0.5) is 0 Å². The summed E-state index contributed by atoms with van der Waals surface area (Å²) in [4.78, 5) is 24.8. The van der Waals surface area contributed by atoms with Crippen molar-refractivity contribution in [3.63, 3.8) is 0 Å². The summed E-state index contributed by atoms with van der Waals surface area (Å²) in [7, 11) is 1.99. The molecule has 0 aliphatic rings. The number of hydroxylamine groups is 1. The third-order valence-electron chi connectivity index (χ3n) is 6.27. The van der Waals surface area contributed by atoms with Crippen LogP contribution in [-0.4, -0.2) is 21.5 Å². The van der Waals surface area contributed by atoms with Gasteiger partial charge in [-0.15, -0.1) is 0 Å². The SMILES string of the molecule is C[C@@H](CC(=O)NO)CC(=O)c1c(CCCCCCc2cccc(Cl)c2)n(C)c2ccc(Cl)cc12. The van der Waals surface area contributed by atoms with Crippen LogP contribution < -0.4 is 5.48 Å². The summed E-state index contributed by atoms with van der Waals surface area (Å²) in [6.45, 7) is 1.84. The highest BCUT2D eigenvalue weighted by molar-refractivity contribution is 6.31. The van der Waals surface area contributed by atoms with E-state index < -0.39 is 5.91 Å². The number of halogens is 2. The first-order valence-electron chi connectivity index (χ1n) is 11.8. The summed E-state index contributed by atoms with van der Waals surface area (Å²) in [5.74, 6) is -0.672. The number of rotatable bonds is 12. The molecule has 2 aromatic carbocycles. The Labute approximate surface area is 211 Å². The first-order chi connectivity index (χ1) is 16.3. The van der Waals surface area contributed by atoms with Gasteiger partial charge in [0.05, 0.1) is 0 Å². The molecule has 0 spiro atoms. The molecule has 0 fully saturated rings. The molecule has 0 aliphatic carbocycles. The number of nitrogens with one attached hydrogen (secondary N) is 1. The summed E-state index contributed by atoms with van der Waals surface area (Å²) in [5, 5.41) is 11.0. The molecule has 1 atom stereocenters. The first kappa shape index (κ1) is 26.3. The highest BCUT2D eigenvalue weighted by atomic mass is 35.5. The molecule has 182 valence electrons. The zero-order valence-electron chi connectivity index (χ0n) is 19.7. The first-order valence-corrected chi connectivity index (χ1v) is 12.5. The second-order valence-electron chi connectivity index (χ2n) is 9.06. The molecule has 1 amide bonds. The molecule has 0 bridgehead atoms. The molecule has 0 saturated heterocycles. The van der Waals surface area contributed by atoms with E-state index in [9.17, 15) is 9.59 Å². The van der Waals surface area contributed by atoms with Crippen LogP contribution in [0.3, 0.4) is 0 Å². The van der Waals surface area contributed by atoms with Gasteiger partial charge in [-0.1, -0.05) is 55.1 Å². The molecule has 3 rings (SSSR count). The zero-order valence-corrected chi connectivity index (χ0v) is 21.3. The Hall–Kier alpha value is -2.34. The lowest BCUT2D eigenvalue weighted by molar-refractivity contribution is -0.130. The van der Waals surface area contributed by atoms with Crippen LogP contribution in [0.1, 0.15) is 67.1 Å². The lowest BCUT2D eigenvalue weighted by atomic mass is 9.94. The standard InChI is InChI=1S/C27H32Cl2N2O3/c1-18(15-26(33)30-34)14-25(32)27-22-17-21(29)12-13-23(22)31(2)24(27)11-6-4-3-5-8-19-9-7-10-20(28)16-19/h7,9-10,12-13,16-18,34H,3-6,8,11,14-15H2,1-2H3,(H,30,33)/t18-/m1/s1. The van der Waals surface area contributed by atoms with E-state index in [1.54, 1.807) is 5.48 Å². The molecule has 0 radical (unpaired) electrons. The number of benzene rings is 2. The number of aryl methyl sites for hydroxylation is 2. The van der Waals surface area contributed by atoms with E-state index in [1.807, 2.05) is 50.4 Å². The number of carbonyl (C=O) groups excluding carboxylic acids is 2. The molecule has 7 heteroatoms. The van der Waals surface area contributed by atoms with Crippen molar-refractivity contribution in [1.29, 1.82) is 0 Å². The Kier molecular flexibility index (Phi) is 9.57. The van der Waals surface area contributed by atoms with Crippen molar-refractivity contribution in [2.24, 2.45) is 13.0 Å². The van der Waals surface area contributed by atoms with Crippen molar-refractivity contribution in [2.75, 3.05) is 0 Å². The van der Waals surface area contributed by atoms with Crippen LogP contribution in [0, 0.1) is 5.92 Å². The third kappa shape index (κ3) is 6.84. The number of unbranched alkanes of at least 4 members (excludes halogenated alkanes) is 3. The summed E-state index contributed by atoms with van der Waals surface area (Å²) in [5.41, 5.74) is 5.59. The number of nitrogens with zero attached hydrogens (tertiary/aromatic N) is 1. The molecule has 34 heavy (non-hydrogen) atoms. The molecule has 0 aliphatic heterocycles. The Bertz CT molecular complexity index is 1160. The number of ketones is 1. The van der Waals surface area contributed by atoms with Crippen LogP contribution in [0.15, 0.2) is 42.5 Å². The topological polar surface area (TPSA) is 71.3 Å². The number of hydrogen-bond acceptors (Lipinski definition) is 3. The largest absolute Gasteiger partial charge is 0.347 e. The van der Waals surface area contributed by atoms with Crippen molar-refractivity contribution in [2.45, 2.75) is 58.3 Å². The maximum absolute atomic E-state index is 13.3. The van der Waals surface area contributed by atoms with Gasteiger partial charge in [-0.25, -0.2) is 5.48 Å². The van der Waals surface area contributed by atoms with Gasteiger partial charge in [0.2, 0.25) is 5.91 Å². The smallest absolute Gasteiger partial charge is 0.243 e. The molecule has 2 N–H and O–H groups in total. The minimum atomic E-state index is -0.487. The fourth-order valence-electron chi connectivity index (χ4n) is 4.59. The van der Waals surface area contributed by atoms with E-state index in [2.05, 4.69) is 10.6 Å². The highest BCUT2D eigenvalue weighted by Crippen LogP contribution is 2.31. The Balaban J connectivity index is 1.67. The van der Waals surface area contributed by atoms with E-state index in [4.69, 9.17) is 28.4 Å². The van der Waals surface area contributed by atoms with E-state index >= 15 is 0 Å². The summed E-state index contributed by atoms with van der Waals surface area (Å²) in [6, 6.07) is 13.6. The number of fused-ring (bicyclic) bond motifs is 1. The lowest BCUT2D eigenvalue weighted by Gasteiger charge is -2.11. The van der Waals surface area contributed by atoms with Gasteiger partial charge in [-0.3, -0.25) is 14.8 Å². The van der Waals surface area contributed by atoms with Crippen molar-refractivity contribution in [3.05, 3.63) is 69.3 Å². The zero-order chi connectivity index (χ0) is 24.7. The van der Waals surface area contributed by atoms with Crippen molar-refractivity contribution in [3.8, 4) is 0 Å². The number of hydrogen-bond donors (Lipinski definition) is 2. The number of amides is 1. The van der Waals surface area contributed by atoms with Crippen LogP contribution in [0.5, 0.6) is 0 Å². The predicted octanol–water partition coefficient (Wildman–Crippen LogP) is 6.94. The number of carbonyl (C=O) groups is 2. The van der Waals surface area contributed by atoms with Crippen molar-refractivity contribution < 1.29 is 14.8 Å². The maximum atomic E-state index is 13.3. The fourth-order valence-corrected chi connectivity index (χ4v) is 4.98. The Morgan fingerprint density at radius 2 is 1.68 bits per heavy atom. The predicted molar refractivity (Wildman–Crippen MR) is 138 cm³/mol. The molecule has 3 aromatic rings. The summed E-state index contributed by atoms with van der Waals surface area (Å²) in [6.07, 6.45) is 6.39. The van der Waals surface area contributed by atoms with E-state index in [0.717, 1.165) is 60.1 Å². The second-order valence-corrected chi connectivity index (χ2v) is 9.93. The molecule has 1 aromatic heterocycles. The average molecular weight is 503 g/mol. The number of aromatic nitrogens is 1. The van der Waals surface area contributed by atoms with Crippen molar-refractivity contribution in [1.82, 2.24) is 10.0 Å². The van der Waals surface area contributed by atoms with E-state index in [0.29, 0.717) is 10.6 Å². The lowest BCUT2D eigenvalue weighted by Crippen LogP contribution is -2.22. The van der Waals surface area contributed by atoms with Crippen LogP contribution >= 0.6 is 23.2 Å². The molecule has 1 heterocycles. The molecular weight excluding hydrogens is 471 g/mol. The monoisotopic (exact) mass is 502 g/mol. The minimum absolute atomic E-state index is 0.00191. The van der Waals surface area contributed by atoms with Crippen molar-refractivity contribution >= 4 is 45.8 Å². The molecule has 0 unspecified atom stereocenters. The summed E-state index contributed by atoms with van der Waals surface area (Å²) >= 11 is 12.3. The maximum Gasteiger partial charge on any atom is 0.243 e. The minimum Gasteiger partial charge on any atom is -0.347 e. The molecule has 5 nitrogen and oxygen atoms in total. The van der Waals surface area contributed by atoms with E-state index in [1.165, 1.54) is 5.56 Å². The van der Waals surface area contributed by atoms with Crippen LogP contribution in [-0.2, 0) is 24.7 Å². The summed E-state index contributed by atoms with van der Waals surface area (Å²) < 4.78 is 2.09. The van der Waals surface area contributed by atoms with Gasteiger partial charge in [0, 0.05) is 52.1 Å². The van der Waals surface area contributed by atoms with Crippen LogP contribution in [0.25, 0.3) is 10.9 Å². The normalized spacial score (nSPS) is 12.1. The van der Waals surface area contributed by atoms with Gasteiger partial charge in [-0.05, 0) is 67.5 Å². The molecule has 0 saturated carbocycles. The third-order valence-corrected chi connectivity index (χ3v) is 6.74. The highest BCUT2D eigenvalue weighted by Gasteiger charge is 2.23. The number of Topliss-reactive ketones (excluding diaryl/α,β-unsaturated/α-hetero) is 1. The van der Waals surface area contributed by atoms with Gasteiger partial charge in [-0.2, -0.15) is 0 Å². The van der Waals surface area contributed by atoms with Crippen LogP contribution in [0.2, 0.25) is 10.0 Å². The Morgan fingerprint density at radius 3 is 2.38 bits per heavy atom. The van der Waals surface area contributed by atoms with Gasteiger partial charge >= 0.3 is 0 Å². The quantitative estimate of drug-likeness (QED) is 0.122. The second kappa shape index (κ2) is 12.4. The van der Waals surface area contributed by atoms with E-state index in [-0.39, 0.29) is 24.5 Å². The van der Waals surface area contributed by atoms with Gasteiger partial charge in [0.15, 0.2) is 5.78 Å². The fraction of sp³-hybridized carbons (Fsp3) is 0.407.